The van der Waals surface area contributed by atoms with Crippen molar-refractivity contribution in [3.63, 3.8) is 0 Å². The molecule has 2 aromatic heterocycles. The van der Waals surface area contributed by atoms with E-state index in [1.54, 1.807) is 12.4 Å². The highest BCUT2D eigenvalue weighted by Gasteiger charge is 2.24. The molecule has 5 rings (SSSR count). The number of nitrogens with zero attached hydrogens (tertiary/aromatic N) is 4. The smallest absolute Gasteiger partial charge is 0.251 e. The van der Waals surface area contributed by atoms with Crippen LogP contribution in [0.1, 0.15) is 40.9 Å². The maximum atomic E-state index is 12.6. The van der Waals surface area contributed by atoms with Crippen LogP contribution in [0.25, 0.3) is 11.2 Å². The van der Waals surface area contributed by atoms with Crippen molar-refractivity contribution in [3.8, 4) is 5.75 Å². The number of amides is 1. The van der Waals surface area contributed by atoms with Crippen LogP contribution in [0.3, 0.4) is 0 Å². The predicted molar refractivity (Wildman–Crippen MR) is 108 cm³/mol. The molecular formula is C21H24N6O2. The van der Waals surface area contributed by atoms with E-state index >= 15 is 0 Å². The predicted octanol–water partition coefficient (Wildman–Crippen LogP) is 1.66. The first-order chi connectivity index (χ1) is 14.2. The van der Waals surface area contributed by atoms with Crippen LogP contribution in [-0.2, 0) is 13.0 Å². The largest absolute Gasteiger partial charge is 0.490 e. The SMILES string of the molecule is C[C@@H]1Cc2cc(C(=O)NCCn3nc([C@H]4CCNC4)c4nccnc43)ccc2O1. The molecule has 0 aliphatic carbocycles. The lowest BCUT2D eigenvalue weighted by molar-refractivity contribution is 0.0952. The molecule has 1 amide bonds. The third-order valence-corrected chi connectivity index (χ3v) is 5.61. The lowest BCUT2D eigenvalue weighted by Gasteiger charge is -2.07. The first kappa shape index (κ1) is 18.1. The van der Waals surface area contributed by atoms with Crippen LogP contribution in [0.4, 0.5) is 0 Å². The molecule has 0 bridgehead atoms. The number of aromatic nitrogens is 4. The average Bonchev–Trinajstić information content (AvgIpc) is 3.45. The molecule has 8 nitrogen and oxygen atoms in total. The van der Waals surface area contributed by atoms with Crippen LogP contribution >= 0.6 is 0 Å². The molecular weight excluding hydrogens is 368 g/mol. The van der Waals surface area contributed by atoms with Gasteiger partial charge in [-0.05, 0) is 43.7 Å². The molecule has 8 heteroatoms. The zero-order valence-electron chi connectivity index (χ0n) is 16.4. The van der Waals surface area contributed by atoms with Crippen molar-refractivity contribution >= 4 is 17.1 Å². The molecule has 1 aromatic carbocycles. The van der Waals surface area contributed by atoms with Gasteiger partial charge in [0.2, 0.25) is 0 Å². The molecule has 4 heterocycles. The Morgan fingerprint density at radius 3 is 3.10 bits per heavy atom. The van der Waals surface area contributed by atoms with Crippen molar-refractivity contribution in [1.29, 1.82) is 0 Å². The van der Waals surface area contributed by atoms with Crippen LogP contribution in [0, 0.1) is 0 Å². The first-order valence-electron chi connectivity index (χ1n) is 10.1. The van der Waals surface area contributed by atoms with Crippen LogP contribution in [-0.4, -0.2) is 51.4 Å². The van der Waals surface area contributed by atoms with Gasteiger partial charge in [0.25, 0.3) is 5.91 Å². The number of carbonyl (C=O) groups is 1. The summed E-state index contributed by atoms with van der Waals surface area (Å²) in [5, 5.41) is 11.2. The number of rotatable bonds is 5. The van der Waals surface area contributed by atoms with E-state index in [4.69, 9.17) is 9.84 Å². The normalized spacial score (nSPS) is 20.6. The Kier molecular flexibility index (Phi) is 4.63. The van der Waals surface area contributed by atoms with Gasteiger partial charge < -0.3 is 15.4 Å². The van der Waals surface area contributed by atoms with Crippen molar-refractivity contribution in [2.45, 2.75) is 38.3 Å². The van der Waals surface area contributed by atoms with Gasteiger partial charge in [-0.1, -0.05) is 0 Å². The van der Waals surface area contributed by atoms with E-state index in [1.165, 1.54) is 0 Å². The number of hydrogen-bond donors (Lipinski definition) is 2. The van der Waals surface area contributed by atoms with Crippen LogP contribution in [0.2, 0.25) is 0 Å². The van der Waals surface area contributed by atoms with Gasteiger partial charge in [-0.15, -0.1) is 0 Å². The summed E-state index contributed by atoms with van der Waals surface area (Å²) in [7, 11) is 0. The van der Waals surface area contributed by atoms with Gasteiger partial charge >= 0.3 is 0 Å². The summed E-state index contributed by atoms with van der Waals surface area (Å²) in [5.41, 5.74) is 4.38. The van der Waals surface area contributed by atoms with Crippen molar-refractivity contribution in [1.82, 2.24) is 30.4 Å². The van der Waals surface area contributed by atoms with Crippen LogP contribution in [0.15, 0.2) is 30.6 Å². The summed E-state index contributed by atoms with van der Waals surface area (Å²) >= 11 is 0. The fourth-order valence-electron chi connectivity index (χ4n) is 4.18. The molecule has 0 spiro atoms. The molecule has 29 heavy (non-hydrogen) atoms. The molecule has 0 saturated carbocycles. The minimum Gasteiger partial charge on any atom is -0.490 e. The van der Waals surface area contributed by atoms with Gasteiger partial charge in [0, 0.05) is 43.4 Å². The second kappa shape index (κ2) is 7.44. The van der Waals surface area contributed by atoms with Gasteiger partial charge in [0.05, 0.1) is 12.2 Å². The van der Waals surface area contributed by atoms with Crippen molar-refractivity contribution in [2.24, 2.45) is 0 Å². The maximum Gasteiger partial charge on any atom is 0.251 e. The highest BCUT2D eigenvalue weighted by Crippen LogP contribution is 2.29. The third-order valence-electron chi connectivity index (χ3n) is 5.61. The highest BCUT2D eigenvalue weighted by atomic mass is 16.5. The highest BCUT2D eigenvalue weighted by molar-refractivity contribution is 5.94. The van der Waals surface area contributed by atoms with E-state index in [2.05, 4.69) is 20.6 Å². The van der Waals surface area contributed by atoms with Crippen molar-refractivity contribution < 1.29 is 9.53 Å². The molecule has 2 atom stereocenters. The molecule has 2 N–H and O–H groups in total. The monoisotopic (exact) mass is 392 g/mol. The number of carbonyl (C=O) groups excluding carboxylic acids is 1. The number of fused-ring (bicyclic) bond motifs is 2. The van der Waals surface area contributed by atoms with E-state index in [9.17, 15) is 4.79 Å². The Hall–Kier alpha value is -3.00. The maximum absolute atomic E-state index is 12.6. The Labute approximate surface area is 168 Å². The topological polar surface area (TPSA) is 94.0 Å². The molecule has 1 saturated heterocycles. The van der Waals surface area contributed by atoms with Gasteiger partial charge in [-0.2, -0.15) is 5.10 Å². The van der Waals surface area contributed by atoms with Gasteiger partial charge in [-0.25, -0.2) is 14.6 Å². The zero-order valence-corrected chi connectivity index (χ0v) is 16.4. The molecule has 0 radical (unpaired) electrons. The first-order valence-corrected chi connectivity index (χ1v) is 10.1. The lowest BCUT2D eigenvalue weighted by Crippen LogP contribution is -2.27. The molecule has 0 unspecified atom stereocenters. The molecule has 1 fully saturated rings. The van der Waals surface area contributed by atoms with Gasteiger partial charge in [0.15, 0.2) is 5.65 Å². The van der Waals surface area contributed by atoms with Crippen LogP contribution in [0.5, 0.6) is 5.75 Å². The summed E-state index contributed by atoms with van der Waals surface area (Å²) in [4.78, 5) is 21.5. The number of benzene rings is 1. The minimum atomic E-state index is -0.0879. The van der Waals surface area contributed by atoms with Gasteiger partial charge in [-0.3, -0.25) is 4.79 Å². The van der Waals surface area contributed by atoms with E-state index < -0.39 is 0 Å². The van der Waals surface area contributed by atoms with E-state index in [-0.39, 0.29) is 12.0 Å². The Morgan fingerprint density at radius 2 is 2.24 bits per heavy atom. The molecule has 2 aliphatic rings. The average molecular weight is 392 g/mol. The molecule has 3 aromatic rings. The Morgan fingerprint density at radius 1 is 1.34 bits per heavy atom. The Balaban J connectivity index is 1.28. The molecule has 150 valence electrons. The van der Waals surface area contributed by atoms with Crippen molar-refractivity contribution in [2.75, 3.05) is 19.6 Å². The number of hydrogen-bond acceptors (Lipinski definition) is 6. The van der Waals surface area contributed by atoms with Crippen molar-refractivity contribution in [3.05, 3.63) is 47.4 Å². The Bertz CT molecular complexity index is 1060. The van der Waals surface area contributed by atoms with E-state index in [0.29, 0.717) is 24.6 Å². The lowest BCUT2D eigenvalue weighted by atomic mass is 10.0. The molecule has 2 aliphatic heterocycles. The fourth-order valence-corrected chi connectivity index (χ4v) is 4.18. The quantitative estimate of drug-likeness (QED) is 0.686. The second-order valence-electron chi connectivity index (χ2n) is 7.74. The van der Waals surface area contributed by atoms with Gasteiger partial charge in [0.1, 0.15) is 17.4 Å². The minimum absolute atomic E-state index is 0.0879. The zero-order chi connectivity index (χ0) is 19.8. The number of nitrogens with one attached hydrogen (secondary N) is 2. The summed E-state index contributed by atoms with van der Waals surface area (Å²) in [6.07, 6.45) is 5.46. The summed E-state index contributed by atoms with van der Waals surface area (Å²) in [6.45, 7) is 4.97. The number of ether oxygens (including phenoxy) is 1. The van der Waals surface area contributed by atoms with E-state index in [1.807, 2.05) is 29.8 Å². The second-order valence-corrected chi connectivity index (χ2v) is 7.74. The summed E-state index contributed by atoms with van der Waals surface area (Å²) < 4.78 is 7.56. The fraction of sp³-hybridized carbons (Fsp3) is 0.429. The van der Waals surface area contributed by atoms with Crippen LogP contribution < -0.4 is 15.4 Å². The summed E-state index contributed by atoms with van der Waals surface area (Å²) in [6, 6.07) is 5.62. The standard InChI is InChI=1S/C21H24N6O2/c1-13-10-16-11-14(2-3-17(16)29-13)21(28)25-8-9-27-20-19(23-6-7-24-20)18(26-27)15-4-5-22-12-15/h2-3,6-7,11,13,15,22H,4-5,8-10,12H2,1H3,(H,25,28)/t13-,15+/m1/s1. The van der Waals surface area contributed by atoms with E-state index in [0.717, 1.165) is 54.1 Å². The summed E-state index contributed by atoms with van der Waals surface area (Å²) in [5.74, 6) is 1.15. The third kappa shape index (κ3) is 3.44.